The first kappa shape index (κ1) is 13.1. The Morgan fingerprint density at radius 3 is 3.05 bits per heavy atom. The lowest BCUT2D eigenvalue weighted by molar-refractivity contribution is -0.380. The quantitative estimate of drug-likeness (QED) is 0.363. The summed E-state index contributed by atoms with van der Waals surface area (Å²) in [6.45, 7) is 0.913. The van der Waals surface area contributed by atoms with E-state index in [0.29, 0.717) is 29.7 Å². The summed E-state index contributed by atoms with van der Waals surface area (Å²) < 4.78 is 5.46. The van der Waals surface area contributed by atoms with Crippen molar-refractivity contribution in [3.63, 3.8) is 0 Å². The molecule has 19 heavy (non-hydrogen) atoms. The molecule has 8 heteroatoms. The van der Waals surface area contributed by atoms with Gasteiger partial charge in [0.25, 0.3) is 0 Å². The Labute approximate surface area is 113 Å². The third kappa shape index (κ3) is 3.81. The molecule has 3 N–H and O–H groups in total. The largest absolute Gasteiger partial charge is 0.492 e. The minimum absolute atomic E-state index is 0.0132. The highest BCUT2D eigenvalue weighted by molar-refractivity contribution is 7.18. The monoisotopic (exact) mass is 280 g/mol. The van der Waals surface area contributed by atoms with Gasteiger partial charge in [0, 0.05) is 11.8 Å². The third-order valence-electron chi connectivity index (χ3n) is 2.18. The van der Waals surface area contributed by atoms with Crippen molar-refractivity contribution < 1.29 is 9.66 Å². The molecule has 2 aromatic rings. The van der Waals surface area contributed by atoms with Crippen LogP contribution < -0.4 is 15.8 Å². The lowest BCUT2D eigenvalue weighted by Crippen LogP contribution is -2.11. The molecule has 0 aliphatic heterocycles. The highest BCUT2D eigenvalue weighted by Crippen LogP contribution is 2.24. The number of nitrogens with one attached hydrogen (secondary N) is 1. The van der Waals surface area contributed by atoms with Crippen LogP contribution in [0.3, 0.4) is 0 Å². The Bertz CT molecular complexity index is 573. The van der Waals surface area contributed by atoms with Gasteiger partial charge in [-0.15, -0.1) is 0 Å². The molecule has 0 amide bonds. The Kier molecular flexibility index (Phi) is 4.14. The van der Waals surface area contributed by atoms with Crippen LogP contribution in [0.15, 0.2) is 30.5 Å². The van der Waals surface area contributed by atoms with E-state index in [9.17, 15) is 10.1 Å². The Morgan fingerprint density at radius 1 is 1.53 bits per heavy atom. The summed E-state index contributed by atoms with van der Waals surface area (Å²) in [4.78, 5) is 13.9. The minimum Gasteiger partial charge on any atom is -0.492 e. The van der Waals surface area contributed by atoms with E-state index >= 15 is 0 Å². The van der Waals surface area contributed by atoms with Gasteiger partial charge in [-0.3, -0.25) is 10.1 Å². The van der Waals surface area contributed by atoms with Gasteiger partial charge in [-0.25, -0.2) is 4.98 Å². The van der Waals surface area contributed by atoms with E-state index < -0.39 is 4.92 Å². The van der Waals surface area contributed by atoms with Crippen LogP contribution in [0, 0.1) is 10.1 Å². The molecule has 7 nitrogen and oxygen atoms in total. The molecule has 0 unspecified atom stereocenters. The molecule has 0 bridgehead atoms. The van der Waals surface area contributed by atoms with Gasteiger partial charge < -0.3 is 15.8 Å². The summed E-state index contributed by atoms with van der Waals surface area (Å²) in [7, 11) is 0. The normalized spacial score (nSPS) is 10.1. The number of nitrogens with zero attached hydrogens (tertiary/aromatic N) is 2. The van der Waals surface area contributed by atoms with Crippen molar-refractivity contribution in [1.82, 2.24) is 4.98 Å². The molecule has 0 saturated carbocycles. The van der Waals surface area contributed by atoms with Crippen molar-refractivity contribution in [2.24, 2.45) is 0 Å². The summed E-state index contributed by atoms with van der Waals surface area (Å²) in [6, 6.07) is 7.13. The average Bonchev–Trinajstić information content (AvgIpc) is 2.84. The maximum absolute atomic E-state index is 10.5. The van der Waals surface area contributed by atoms with Crippen LogP contribution in [0.25, 0.3) is 0 Å². The highest BCUT2D eigenvalue weighted by Gasteiger charge is 2.10. The van der Waals surface area contributed by atoms with Gasteiger partial charge >= 0.3 is 5.00 Å². The van der Waals surface area contributed by atoms with Crippen LogP contribution >= 0.6 is 11.3 Å². The summed E-state index contributed by atoms with van der Waals surface area (Å²) in [5.74, 6) is 0.687. The molecule has 1 aromatic heterocycles. The molecule has 100 valence electrons. The number of ether oxygens (including phenoxy) is 1. The summed E-state index contributed by atoms with van der Waals surface area (Å²) >= 11 is 0.993. The first-order valence-electron chi connectivity index (χ1n) is 5.47. The maximum Gasteiger partial charge on any atom is 0.345 e. The Morgan fingerprint density at radius 2 is 2.37 bits per heavy atom. The molecular weight excluding hydrogens is 268 g/mol. The van der Waals surface area contributed by atoms with E-state index in [4.69, 9.17) is 10.5 Å². The topological polar surface area (TPSA) is 103 Å². The zero-order valence-electron chi connectivity index (χ0n) is 9.91. The highest BCUT2D eigenvalue weighted by atomic mass is 32.1. The van der Waals surface area contributed by atoms with Gasteiger partial charge in [-0.1, -0.05) is 6.07 Å². The predicted octanol–water partition coefficient (Wildman–Crippen LogP) is 2.12. The number of anilines is 2. The standard InChI is InChI=1S/C11H12N4O3S/c12-8-2-1-3-9(6-8)18-5-4-13-11-14-7-10(19-11)15(16)17/h1-3,6-7H,4-5,12H2,(H,13,14). The van der Waals surface area contributed by atoms with Gasteiger partial charge in [-0.05, 0) is 23.5 Å². The number of nitro groups is 1. The number of hydrogen-bond donors (Lipinski definition) is 2. The van der Waals surface area contributed by atoms with E-state index in [0.717, 1.165) is 11.3 Å². The van der Waals surface area contributed by atoms with Crippen LogP contribution in [0.4, 0.5) is 15.8 Å². The Balaban J connectivity index is 1.76. The molecule has 2 rings (SSSR count). The second-order valence-corrected chi connectivity index (χ2v) is 4.62. The van der Waals surface area contributed by atoms with Crippen LogP contribution in [0.2, 0.25) is 0 Å². The van der Waals surface area contributed by atoms with Crippen molar-refractivity contribution in [1.29, 1.82) is 0 Å². The predicted molar refractivity (Wildman–Crippen MR) is 73.6 cm³/mol. The Hall–Kier alpha value is -2.35. The number of nitrogen functional groups attached to an aromatic ring is 1. The number of nitrogens with two attached hydrogens (primary N) is 1. The fourth-order valence-corrected chi connectivity index (χ4v) is 2.02. The van der Waals surface area contributed by atoms with Gasteiger partial charge in [0.15, 0.2) is 5.13 Å². The molecule has 0 saturated heterocycles. The van der Waals surface area contributed by atoms with Crippen LogP contribution in [0.5, 0.6) is 5.75 Å². The second kappa shape index (κ2) is 6.01. The molecule has 0 aliphatic carbocycles. The molecule has 0 radical (unpaired) electrons. The molecule has 1 heterocycles. The zero-order chi connectivity index (χ0) is 13.7. The van der Waals surface area contributed by atoms with Gasteiger partial charge in [-0.2, -0.15) is 0 Å². The number of benzene rings is 1. The molecule has 1 aromatic carbocycles. The average molecular weight is 280 g/mol. The smallest absolute Gasteiger partial charge is 0.345 e. The molecule has 0 atom stereocenters. The number of aromatic nitrogens is 1. The summed E-state index contributed by atoms with van der Waals surface area (Å²) in [5.41, 5.74) is 6.26. The van der Waals surface area contributed by atoms with Crippen molar-refractivity contribution >= 4 is 27.2 Å². The zero-order valence-corrected chi connectivity index (χ0v) is 10.7. The first-order valence-corrected chi connectivity index (χ1v) is 6.29. The van der Waals surface area contributed by atoms with Crippen molar-refractivity contribution in [3.8, 4) is 5.75 Å². The van der Waals surface area contributed by atoms with E-state index in [-0.39, 0.29) is 5.00 Å². The van der Waals surface area contributed by atoms with E-state index in [1.807, 2.05) is 12.1 Å². The van der Waals surface area contributed by atoms with E-state index in [1.54, 1.807) is 12.1 Å². The number of thiazole rings is 1. The SMILES string of the molecule is Nc1cccc(OCCNc2ncc([N+](=O)[O-])s2)c1. The lowest BCUT2D eigenvalue weighted by Gasteiger charge is -2.06. The fourth-order valence-electron chi connectivity index (χ4n) is 1.36. The van der Waals surface area contributed by atoms with Gasteiger partial charge in [0.1, 0.15) is 18.6 Å². The maximum atomic E-state index is 10.5. The van der Waals surface area contributed by atoms with E-state index in [1.165, 1.54) is 6.20 Å². The third-order valence-corrected chi connectivity index (χ3v) is 3.09. The van der Waals surface area contributed by atoms with E-state index in [2.05, 4.69) is 10.3 Å². The number of hydrogen-bond acceptors (Lipinski definition) is 7. The lowest BCUT2D eigenvalue weighted by atomic mass is 10.3. The van der Waals surface area contributed by atoms with Gasteiger partial charge in [0.05, 0.1) is 11.5 Å². The fraction of sp³-hybridized carbons (Fsp3) is 0.182. The van der Waals surface area contributed by atoms with Crippen LogP contribution in [-0.4, -0.2) is 23.1 Å². The van der Waals surface area contributed by atoms with Gasteiger partial charge in [0.2, 0.25) is 0 Å². The summed E-state index contributed by atoms with van der Waals surface area (Å²) in [5, 5.41) is 13.9. The minimum atomic E-state index is -0.466. The second-order valence-electron chi connectivity index (χ2n) is 3.61. The number of rotatable bonds is 6. The summed E-state index contributed by atoms with van der Waals surface area (Å²) in [6.07, 6.45) is 1.23. The van der Waals surface area contributed by atoms with Crippen LogP contribution in [-0.2, 0) is 0 Å². The van der Waals surface area contributed by atoms with Crippen molar-refractivity contribution in [2.75, 3.05) is 24.2 Å². The van der Waals surface area contributed by atoms with Crippen molar-refractivity contribution in [2.45, 2.75) is 0 Å². The van der Waals surface area contributed by atoms with Crippen LogP contribution in [0.1, 0.15) is 0 Å². The first-order chi connectivity index (χ1) is 9.15. The van der Waals surface area contributed by atoms with Crippen molar-refractivity contribution in [3.05, 3.63) is 40.6 Å². The molecule has 0 aliphatic rings. The molecular formula is C11H12N4O3S. The molecule has 0 spiro atoms. The molecule has 0 fully saturated rings.